The molecule has 7 atom stereocenters. The van der Waals surface area contributed by atoms with E-state index in [9.17, 15) is 53.7 Å². The number of quaternary nitrogens is 1. The van der Waals surface area contributed by atoms with E-state index in [0.29, 0.717) is 31.4 Å². The molecule has 0 aromatic carbocycles. The first kappa shape index (κ1) is 84.8. The third kappa shape index (κ3) is 46.8. The Labute approximate surface area is 542 Å². The predicted octanol–water partition coefficient (Wildman–Crippen LogP) is 15.4. The number of rotatable bonds is 57. The van der Waals surface area contributed by atoms with Crippen molar-refractivity contribution in [2.45, 2.75) is 258 Å². The van der Waals surface area contributed by atoms with E-state index in [0.717, 1.165) is 167 Å². The van der Waals surface area contributed by atoms with Crippen LogP contribution in [0.5, 0.6) is 0 Å². The van der Waals surface area contributed by atoms with Gasteiger partial charge in [-0.3, -0.25) is 39.8 Å². The van der Waals surface area contributed by atoms with Gasteiger partial charge < -0.3 is 44.8 Å². The average molecular weight is 1410 g/mol. The first-order valence-corrected chi connectivity index (χ1v) is 33.3. The molecule has 0 spiro atoms. The molecule has 17 heteroatoms. The molecule has 16 nitrogen and oxygen atoms in total. The molecule has 501 valence electrons. The van der Waals surface area contributed by atoms with Crippen LogP contribution in [0.1, 0.15) is 252 Å². The van der Waals surface area contributed by atoms with Crippen LogP contribution in [0.3, 0.4) is 0 Å². The van der Waals surface area contributed by atoms with Gasteiger partial charge in [-0.2, -0.15) is 0 Å². The fraction of sp³-hybridized carbons (Fsp3) is 0.690. The van der Waals surface area contributed by atoms with Crippen molar-refractivity contribution in [2.24, 2.45) is 35.5 Å². The number of hydrogen-bond acceptors (Lipinski definition) is 12. The molecule has 1 fully saturated rings. The fourth-order valence-corrected chi connectivity index (χ4v) is 10.4. The monoisotopic (exact) mass is 1410 g/mol. The summed E-state index contributed by atoms with van der Waals surface area (Å²) in [7, 11) is 1.75. The molecule has 1 aliphatic rings. The van der Waals surface area contributed by atoms with Crippen molar-refractivity contribution in [3.05, 3.63) is 85.3 Å². The van der Waals surface area contributed by atoms with Gasteiger partial charge in [0.2, 0.25) is 0 Å². The maximum absolute atomic E-state index is 13.1. The number of esters is 4. The second-order valence-corrected chi connectivity index (χ2v) is 22.9. The Morgan fingerprint density at radius 2 is 1.09 bits per heavy atom. The third-order valence-corrected chi connectivity index (χ3v) is 15.6. The van der Waals surface area contributed by atoms with Gasteiger partial charge in [0, 0.05) is 25.2 Å². The molecular weight excluding hydrogens is 1300 g/mol. The number of carbonyl (C=O) groups is 7. The molecule has 7 unspecified atom stereocenters. The van der Waals surface area contributed by atoms with Crippen molar-refractivity contribution in [2.75, 3.05) is 20.3 Å². The van der Waals surface area contributed by atoms with Gasteiger partial charge in [-0.05, 0) is 101 Å². The summed E-state index contributed by atoms with van der Waals surface area (Å²) in [6.07, 6.45) is 53.2. The van der Waals surface area contributed by atoms with E-state index < -0.39 is 60.2 Å². The van der Waals surface area contributed by atoms with Crippen molar-refractivity contribution in [1.82, 2.24) is 0 Å². The number of carboxylic acids is 3. The molecule has 0 aliphatic carbocycles. The van der Waals surface area contributed by atoms with Crippen molar-refractivity contribution < 1.29 is 98.1 Å². The minimum absolute atomic E-state index is 0. The molecule has 1 aliphatic heterocycles. The van der Waals surface area contributed by atoms with E-state index in [1.54, 1.807) is 13.3 Å². The second kappa shape index (κ2) is 59.4. The maximum atomic E-state index is 13.1. The molecule has 1 rings (SSSR count). The normalized spacial score (nSPS) is 15.4. The SMILES string of the molecule is C=C(CCCCCCC/C=C\C/C=C\C=C\C(CC)C1CC(=O)OC1=O)OCC(COC(=O)CCCCCCC/C=C\C=C\C(CCCCC)C(C[C-]=O)C(=O)O)OC(=O)CCCCCC/C=C/C(CCCCCCCC)C(CC(=O)O)C(=O)O.C[NH3+].[Os+]. The zero-order valence-corrected chi connectivity index (χ0v) is 56.9. The van der Waals surface area contributed by atoms with Crippen LogP contribution < -0.4 is 5.73 Å². The first-order chi connectivity index (χ1) is 42.2. The number of ether oxygens (including phenoxy) is 4. The number of unbranched alkanes of at least 4 members (excludes halogenated alkanes) is 21. The number of cyclic esters (lactones) is 2. The van der Waals surface area contributed by atoms with E-state index in [4.69, 9.17) is 18.9 Å². The van der Waals surface area contributed by atoms with Gasteiger partial charge in [0.05, 0.1) is 37.5 Å². The molecular formula is C71H115NO15Os+. The number of hydrogen-bond donors (Lipinski definition) is 4. The van der Waals surface area contributed by atoms with E-state index >= 15 is 0 Å². The summed E-state index contributed by atoms with van der Waals surface area (Å²) < 4.78 is 22.1. The van der Waals surface area contributed by atoms with Gasteiger partial charge >= 0.3 is 61.6 Å². The Morgan fingerprint density at radius 3 is 1.67 bits per heavy atom. The van der Waals surface area contributed by atoms with Gasteiger partial charge in [0.15, 0.2) is 6.10 Å². The maximum Gasteiger partial charge on any atom is 1.00 e. The van der Waals surface area contributed by atoms with Crippen LogP contribution in [0.15, 0.2) is 85.3 Å². The molecule has 0 amide bonds. The number of carbonyl (C=O) groups excluding carboxylic acids is 5. The van der Waals surface area contributed by atoms with Crippen LogP contribution in [0.25, 0.3) is 0 Å². The number of aliphatic carboxylic acids is 3. The summed E-state index contributed by atoms with van der Waals surface area (Å²) >= 11 is 0. The minimum Gasteiger partial charge on any atom is -0.542 e. The summed E-state index contributed by atoms with van der Waals surface area (Å²) in [5.41, 5.74) is 3.25. The molecule has 1 radical (unpaired) electrons. The van der Waals surface area contributed by atoms with Crippen LogP contribution in [-0.2, 0) is 77.1 Å². The van der Waals surface area contributed by atoms with Crippen molar-refractivity contribution in [3.8, 4) is 0 Å². The zero-order chi connectivity index (χ0) is 64.6. The molecule has 88 heavy (non-hydrogen) atoms. The Balaban J connectivity index is 0. The van der Waals surface area contributed by atoms with Crippen molar-refractivity contribution in [3.63, 3.8) is 0 Å². The topological polar surface area (TPSA) is 262 Å². The van der Waals surface area contributed by atoms with Gasteiger partial charge in [0.1, 0.15) is 13.2 Å². The van der Waals surface area contributed by atoms with Crippen LogP contribution >= 0.6 is 0 Å². The molecule has 1 saturated heterocycles. The quantitative estimate of drug-likeness (QED) is 0.00645. The molecule has 6 N–H and O–H groups in total. The fourth-order valence-electron chi connectivity index (χ4n) is 10.4. The molecule has 0 aromatic heterocycles. The largest absolute Gasteiger partial charge is 1.00 e. The smallest absolute Gasteiger partial charge is 0.542 e. The second-order valence-electron chi connectivity index (χ2n) is 22.9. The molecule has 0 aromatic rings. The van der Waals surface area contributed by atoms with Gasteiger partial charge in [-0.1, -0.05) is 209 Å². The Morgan fingerprint density at radius 1 is 0.591 bits per heavy atom. The molecule has 0 bridgehead atoms. The van der Waals surface area contributed by atoms with Crippen LogP contribution in [0, 0.1) is 35.5 Å². The number of allylic oxidation sites excluding steroid dienone is 13. The van der Waals surface area contributed by atoms with E-state index in [2.05, 4.69) is 50.5 Å². The molecule has 0 saturated carbocycles. The van der Waals surface area contributed by atoms with Crippen LogP contribution in [0.2, 0.25) is 0 Å². The Bertz CT molecular complexity index is 2080. The van der Waals surface area contributed by atoms with Crippen molar-refractivity contribution >= 4 is 48.1 Å². The standard InChI is InChI=1S/C70H109O15.CH5N.Os/c1-5-8-10-11-28-38-46-59(62(69(79)80)52-64(72)73)47-39-31-25-26-33-41-49-66(75)84-60(55-83-65(74)48-40-32-24-20-16-19-23-30-37-45-58(44-34-9-6-2)61(50-51-71)68(77)78)54-82-56(4)42-35-27-21-17-14-12-13-15-18-22-29-36-43-57(7-3)63-53-67(76)85-70(63)81;1-2;/h13,15,22-23,29-30,36-37,39,43,45,47,57-63H,4-12,14,16-21,24-28,31-35,38,40-42,44,46,48-50,52-55H2,1-3H3,(H,72,73)(H,77,78)(H,79,80);2H2,1H3;/q-1;;+1/p+1/b15-13-,29-22-,30-23-,43-36+,45-37+,47-39+;;. The predicted molar refractivity (Wildman–Crippen MR) is 343 cm³/mol. The van der Waals surface area contributed by atoms with Gasteiger partial charge in [-0.15, -0.1) is 6.42 Å². The average Bonchev–Trinajstić information content (AvgIpc) is 3.99. The van der Waals surface area contributed by atoms with Crippen molar-refractivity contribution in [1.29, 1.82) is 0 Å². The minimum atomic E-state index is -1.11. The summed E-state index contributed by atoms with van der Waals surface area (Å²) in [6.45, 7) is 10.2. The van der Waals surface area contributed by atoms with E-state index in [1.165, 1.54) is 6.42 Å². The van der Waals surface area contributed by atoms with Gasteiger partial charge in [0.25, 0.3) is 0 Å². The Hall–Kier alpha value is -5.26. The third-order valence-electron chi connectivity index (χ3n) is 15.6. The van der Waals surface area contributed by atoms with E-state index in [-0.39, 0.29) is 88.3 Å². The summed E-state index contributed by atoms with van der Waals surface area (Å²) in [4.78, 5) is 95.6. The number of carboxylic acid groups (broad SMARTS) is 3. The van der Waals surface area contributed by atoms with E-state index in [1.807, 2.05) is 55.5 Å². The summed E-state index contributed by atoms with van der Waals surface area (Å²) in [5, 5.41) is 28.9. The Kier molecular flexibility index (Phi) is 57.2. The molecule has 1 heterocycles. The van der Waals surface area contributed by atoms with Gasteiger partial charge in [-0.25, -0.2) is 0 Å². The summed E-state index contributed by atoms with van der Waals surface area (Å²) in [5.74, 6) is -6.92. The zero-order valence-electron chi connectivity index (χ0n) is 54.3. The van der Waals surface area contributed by atoms with Crippen LogP contribution in [0.4, 0.5) is 0 Å². The first-order valence-electron chi connectivity index (χ1n) is 33.3. The van der Waals surface area contributed by atoms with Crippen LogP contribution in [-0.4, -0.2) is 89.8 Å². The summed E-state index contributed by atoms with van der Waals surface area (Å²) in [6, 6.07) is 0.